The summed E-state index contributed by atoms with van der Waals surface area (Å²) in [6, 6.07) is 1.21. The third-order valence-electron chi connectivity index (χ3n) is 8.73. The van der Waals surface area contributed by atoms with E-state index in [0.717, 1.165) is 58.0 Å². The van der Waals surface area contributed by atoms with Gasteiger partial charge >= 0.3 is 5.97 Å². The number of hydrogen-bond acceptors (Lipinski definition) is 6. The maximum absolute atomic E-state index is 11.2. The minimum absolute atomic E-state index is 0.125. The van der Waals surface area contributed by atoms with E-state index in [0.29, 0.717) is 18.0 Å². The van der Waals surface area contributed by atoms with E-state index in [1.54, 1.807) is 0 Å². The molecule has 0 bridgehead atoms. The molecule has 4 aliphatic heterocycles. The molecule has 184 valence electrons. The number of carboxylic acid groups (broad SMARTS) is 1. The van der Waals surface area contributed by atoms with Gasteiger partial charge in [0.15, 0.2) is 0 Å². The third kappa shape index (κ3) is 6.23. The third-order valence-corrected chi connectivity index (χ3v) is 8.73. The van der Waals surface area contributed by atoms with Gasteiger partial charge in [0, 0.05) is 50.7 Å². The number of rotatable bonds is 9. The molecule has 4 aliphatic rings. The number of aliphatic hydroxyl groups is 1. The van der Waals surface area contributed by atoms with Crippen molar-refractivity contribution < 1.29 is 15.0 Å². The first-order valence-corrected chi connectivity index (χ1v) is 13.2. The van der Waals surface area contributed by atoms with Crippen LogP contribution in [0.1, 0.15) is 52.4 Å². The number of aliphatic hydroxyl groups excluding tert-OH is 1. The monoisotopic (exact) mass is 450 g/mol. The fraction of sp³-hybridized carbons (Fsp3) is 0.960. The van der Waals surface area contributed by atoms with E-state index < -0.39 is 5.97 Å². The maximum Gasteiger partial charge on any atom is 0.306 e. The van der Waals surface area contributed by atoms with Gasteiger partial charge < -0.3 is 20.0 Å². The molecule has 4 rings (SSSR count). The first-order valence-electron chi connectivity index (χ1n) is 13.2. The van der Waals surface area contributed by atoms with Gasteiger partial charge in [-0.2, -0.15) is 0 Å². The van der Waals surface area contributed by atoms with Crippen LogP contribution in [0.2, 0.25) is 0 Å². The van der Waals surface area contributed by atoms with Crippen molar-refractivity contribution >= 4 is 5.97 Å². The Labute approximate surface area is 194 Å². The van der Waals surface area contributed by atoms with Crippen LogP contribution in [-0.4, -0.2) is 119 Å². The number of likely N-dealkylation sites (tertiary alicyclic amines) is 4. The molecule has 0 aromatic rings. The molecular formula is C25H46N4O3. The Bertz CT molecular complexity index is 610. The van der Waals surface area contributed by atoms with Crippen molar-refractivity contribution in [2.75, 3.05) is 65.4 Å². The van der Waals surface area contributed by atoms with Crippen LogP contribution >= 0.6 is 0 Å². The Morgan fingerprint density at radius 1 is 0.938 bits per heavy atom. The van der Waals surface area contributed by atoms with Crippen molar-refractivity contribution in [2.24, 2.45) is 17.8 Å². The highest BCUT2D eigenvalue weighted by atomic mass is 16.4. The fourth-order valence-electron chi connectivity index (χ4n) is 6.58. The summed E-state index contributed by atoms with van der Waals surface area (Å²) in [5.74, 6) is 0.406. The molecule has 0 aliphatic carbocycles. The zero-order chi connectivity index (χ0) is 22.7. The van der Waals surface area contributed by atoms with E-state index >= 15 is 0 Å². The molecule has 7 nitrogen and oxygen atoms in total. The van der Waals surface area contributed by atoms with Crippen LogP contribution in [0.5, 0.6) is 0 Å². The molecule has 0 aromatic heterocycles. The van der Waals surface area contributed by atoms with Crippen LogP contribution in [-0.2, 0) is 4.79 Å². The fourth-order valence-corrected chi connectivity index (χ4v) is 6.58. The van der Waals surface area contributed by atoms with E-state index in [4.69, 9.17) is 0 Å². The molecular weight excluding hydrogens is 404 g/mol. The average Bonchev–Trinajstić information content (AvgIpc) is 3.48. The molecule has 4 atom stereocenters. The van der Waals surface area contributed by atoms with Crippen molar-refractivity contribution in [2.45, 2.75) is 70.6 Å². The van der Waals surface area contributed by atoms with E-state index in [9.17, 15) is 15.0 Å². The summed E-state index contributed by atoms with van der Waals surface area (Å²) >= 11 is 0. The molecule has 0 radical (unpaired) electrons. The summed E-state index contributed by atoms with van der Waals surface area (Å²) in [5.41, 5.74) is 0. The summed E-state index contributed by atoms with van der Waals surface area (Å²) in [7, 11) is 0. The predicted octanol–water partition coefficient (Wildman–Crippen LogP) is 1.66. The van der Waals surface area contributed by atoms with Crippen molar-refractivity contribution in [3.8, 4) is 0 Å². The lowest BCUT2D eigenvalue weighted by Gasteiger charge is -2.32. The van der Waals surface area contributed by atoms with Crippen molar-refractivity contribution in [1.29, 1.82) is 0 Å². The normalized spacial score (nSPS) is 34.2. The highest BCUT2D eigenvalue weighted by Crippen LogP contribution is 2.28. The second-order valence-corrected chi connectivity index (χ2v) is 11.3. The van der Waals surface area contributed by atoms with Crippen molar-refractivity contribution in [3.05, 3.63) is 0 Å². The highest BCUT2D eigenvalue weighted by Gasteiger charge is 2.36. The molecule has 4 heterocycles. The summed E-state index contributed by atoms with van der Waals surface area (Å²) in [6.07, 6.45) is 6.61. The van der Waals surface area contributed by atoms with E-state index in [2.05, 4.69) is 33.4 Å². The second-order valence-electron chi connectivity index (χ2n) is 11.3. The van der Waals surface area contributed by atoms with Crippen LogP contribution in [0.3, 0.4) is 0 Å². The number of nitrogens with zero attached hydrogens (tertiary/aromatic N) is 4. The summed E-state index contributed by atoms with van der Waals surface area (Å²) in [5, 5.41) is 19.7. The second kappa shape index (κ2) is 11.1. The first kappa shape index (κ1) is 24.4. The van der Waals surface area contributed by atoms with E-state index in [1.807, 2.05) is 0 Å². The lowest BCUT2D eigenvalue weighted by Crippen LogP contribution is -2.40. The molecule has 4 fully saturated rings. The van der Waals surface area contributed by atoms with Crippen LogP contribution in [0, 0.1) is 17.8 Å². The van der Waals surface area contributed by atoms with Gasteiger partial charge in [0.25, 0.3) is 0 Å². The predicted molar refractivity (Wildman–Crippen MR) is 127 cm³/mol. The Kier molecular flexibility index (Phi) is 8.49. The molecule has 0 saturated carbocycles. The van der Waals surface area contributed by atoms with Crippen molar-refractivity contribution in [1.82, 2.24) is 19.6 Å². The average molecular weight is 451 g/mol. The summed E-state index contributed by atoms with van der Waals surface area (Å²) < 4.78 is 0. The zero-order valence-electron chi connectivity index (χ0n) is 20.4. The number of carboxylic acids is 1. The molecule has 32 heavy (non-hydrogen) atoms. The smallest absolute Gasteiger partial charge is 0.306 e. The number of hydrogen-bond donors (Lipinski definition) is 2. The quantitative estimate of drug-likeness (QED) is 0.554. The molecule has 0 amide bonds. The lowest BCUT2D eigenvalue weighted by molar-refractivity contribution is -0.143. The van der Waals surface area contributed by atoms with Gasteiger partial charge in [-0.05, 0) is 91.0 Å². The lowest BCUT2D eigenvalue weighted by atomic mass is 9.96. The zero-order valence-corrected chi connectivity index (χ0v) is 20.4. The number of carbonyl (C=O) groups is 1. The molecule has 4 saturated heterocycles. The van der Waals surface area contributed by atoms with Gasteiger partial charge in [-0.25, -0.2) is 0 Å². The Morgan fingerprint density at radius 2 is 1.69 bits per heavy atom. The summed E-state index contributed by atoms with van der Waals surface area (Å²) in [6.45, 7) is 15.3. The van der Waals surface area contributed by atoms with Crippen LogP contribution in [0.15, 0.2) is 0 Å². The molecule has 0 spiro atoms. The van der Waals surface area contributed by atoms with Gasteiger partial charge in [-0.15, -0.1) is 0 Å². The molecule has 2 N–H and O–H groups in total. The van der Waals surface area contributed by atoms with Crippen LogP contribution in [0.25, 0.3) is 0 Å². The van der Waals surface area contributed by atoms with Crippen LogP contribution in [0.4, 0.5) is 0 Å². The van der Waals surface area contributed by atoms with Crippen molar-refractivity contribution in [3.63, 3.8) is 0 Å². The van der Waals surface area contributed by atoms with Gasteiger partial charge in [0.05, 0.1) is 12.0 Å². The standard InChI is InChI=1S/C25H46N4O3/c1-19(2)29-17-22(24(30)18-29)16-28-9-3-4-23(28)8-13-26-10-5-20(14-26)15-27-11-6-21(7-12-27)25(31)32/h19-24,30H,3-18H2,1-2H3,(H,31,32). The van der Waals surface area contributed by atoms with Gasteiger partial charge in [0.1, 0.15) is 0 Å². The van der Waals surface area contributed by atoms with Gasteiger partial charge in [0.2, 0.25) is 0 Å². The molecule has 7 heteroatoms. The Hall–Kier alpha value is -0.730. The minimum atomic E-state index is -0.614. The Balaban J connectivity index is 1.15. The SMILES string of the molecule is CC(C)N1CC(O)C(CN2CCCC2CCN2CCC(CN3CCC(C(=O)O)CC3)C2)C1. The summed E-state index contributed by atoms with van der Waals surface area (Å²) in [4.78, 5) is 21.4. The topological polar surface area (TPSA) is 70.5 Å². The van der Waals surface area contributed by atoms with E-state index in [1.165, 1.54) is 51.9 Å². The Morgan fingerprint density at radius 3 is 2.38 bits per heavy atom. The molecule has 4 unspecified atom stereocenters. The van der Waals surface area contributed by atoms with E-state index in [-0.39, 0.29) is 12.0 Å². The van der Waals surface area contributed by atoms with Crippen LogP contribution < -0.4 is 0 Å². The first-order chi connectivity index (χ1) is 15.4. The number of piperidine rings is 1. The maximum atomic E-state index is 11.2. The van der Waals surface area contributed by atoms with Gasteiger partial charge in [-0.3, -0.25) is 14.6 Å². The minimum Gasteiger partial charge on any atom is -0.481 e. The largest absolute Gasteiger partial charge is 0.481 e. The highest BCUT2D eigenvalue weighted by molar-refractivity contribution is 5.70. The van der Waals surface area contributed by atoms with Gasteiger partial charge in [-0.1, -0.05) is 0 Å². The number of aliphatic carboxylic acids is 1. The number of β-amino-alcohol motifs (C(OH)–C–C–N with tert-alkyl or cyclic N) is 1. The molecule has 0 aromatic carbocycles.